The second kappa shape index (κ2) is 5.75. The third kappa shape index (κ3) is 2.31. The molecular weight excluding hydrogens is 200 g/mol. The maximum atomic E-state index is 8.88. The van der Waals surface area contributed by atoms with Gasteiger partial charge in [-0.15, -0.1) is 0 Å². The zero-order valence-corrected chi connectivity index (χ0v) is 8.93. The van der Waals surface area contributed by atoms with E-state index >= 15 is 0 Å². The van der Waals surface area contributed by atoms with Crippen molar-refractivity contribution in [3.8, 4) is 24.3 Å². The molecule has 0 saturated heterocycles. The van der Waals surface area contributed by atoms with E-state index in [1.807, 2.05) is 24.3 Å². The summed E-state index contributed by atoms with van der Waals surface area (Å²) in [6.07, 6.45) is 3.50. The van der Waals surface area contributed by atoms with Crippen molar-refractivity contribution in [2.45, 2.75) is 25.7 Å². The molecule has 80 valence electrons. The molecule has 0 heterocycles. The van der Waals surface area contributed by atoms with E-state index in [0.29, 0.717) is 0 Å². The highest BCUT2D eigenvalue weighted by Gasteiger charge is 2.37. The summed E-state index contributed by atoms with van der Waals surface area (Å²) in [4.78, 5) is 0. The van der Waals surface area contributed by atoms with Crippen LogP contribution < -0.4 is 0 Å². The van der Waals surface area contributed by atoms with E-state index in [9.17, 15) is 0 Å². The molecule has 16 heavy (non-hydrogen) atoms. The lowest BCUT2D eigenvalue weighted by molar-refractivity contribution is 0.191. The average molecular weight is 212 g/mol. The van der Waals surface area contributed by atoms with E-state index in [1.54, 1.807) is 0 Å². The van der Waals surface area contributed by atoms with E-state index in [0.717, 1.165) is 25.7 Å². The van der Waals surface area contributed by atoms with Gasteiger partial charge in [-0.2, -0.15) is 21.0 Å². The van der Waals surface area contributed by atoms with Gasteiger partial charge < -0.3 is 0 Å². The van der Waals surface area contributed by atoms with E-state index in [1.165, 1.54) is 0 Å². The van der Waals surface area contributed by atoms with Gasteiger partial charge >= 0.3 is 0 Å². The fourth-order valence-electron chi connectivity index (χ4n) is 2.46. The number of nitrogens with zero attached hydrogens (tertiary/aromatic N) is 4. The maximum Gasteiger partial charge on any atom is 0.136 e. The molecule has 1 aliphatic carbocycles. The zero-order valence-electron chi connectivity index (χ0n) is 8.93. The molecule has 0 bridgehead atoms. The Bertz CT molecular complexity index is 333. The molecule has 0 unspecified atom stereocenters. The first-order valence-electron chi connectivity index (χ1n) is 5.37. The normalized spacial score (nSPS) is 24.1. The summed E-state index contributed by atoms with van der Waals surface area (Å²) in [5.74, 6) is -1.61. The van der Waals surface area contributed by atoms with Crippen molar-refractivity contribution >= 4 is 0 Å². The van der Waals surface area contributed by atoms with Gasteiger partial charge in [-0.1, -0.05) is 12.8 Å². The number of rotatable bonds is 2. The van der Waals surface area contributed by atoms with Crippen LogP contribution in [0, 0.1) is 69.0 Å². The zero-order chi connectivity index (χ0) is 12.0. The molecule has 0 N–H and O–H groups in total. The third-order valence-electron chi connectivity index (χ3n) is 3.29. The standard InChI is InChI=1S/C12H12N4/c13-5-9(6-14)11-3-1-2-4-12(11)10(7-15)8-16/h9-12H,1-4H2/t11-,12+. The van der Waals surface area contributed by atoms with Crippen molar-refractivity contribution in [1.82, 2.24) is 0 Å². The summed E-state index contributed by atoms with van der Waals surface area (Å²) in [6, 6.07) is 7.90. The van der Waals surface area contributed by atoms with Gasteiger partial charge in [0.2, 0.25) is 0 Å². The molecule has 1 saturated carbocycles. The van der Waals surface area contributed by atoms with Crippen LogP contribution in [0.4, 0.5) is 0 Å². The van der Waals surface area contributed by atoms with Crippen LogP contribution in [0.3, 0.4) is 0 Å². The van der Waals surface area contributed by atoms with Crippen molar-refractivity contribution in [1.29, 1.82) is 21.0 Å². The van der Waals surface area contributed by atoms with Crippen LogP contribution in [0.15, 0.2) is 0 Å². The molecule has 1 aliphatic rings. The van der Waals surface area contributed by atoms with Crippen molar-refractivity contribution in [3.63, 3.8) is 0 Å². The summed E-state index contributed by atoms with van der Waals surface area (Å²) >= 11 is 0. The molecule has 1 fully saturated rings. The van der Waals surface area contributed by atoms with E-state index in [4.69, 9.17) is 21.0 Å². The highest BCUT2D eigenvalue weighted by molar-refractivity contribution is 5.11. The minimum Gasteiger partial charge on any atom is -0.197 e. The fourth-order valence-corrected chi connectivity index (χ4v) is 2.46. The van der Waals surface area contributed by atoms with Gasteiger partial charge in [0.1, 0.15) is 11.8 Å². The molecule has 2 atom stereocenters. The van der Waals surface area contributed by atoms with Crippen LogP contribution in [0.2, 0.25) is 0 Å². The second-order valence-electron chi connectivity index (χ2n) is 4.08. The molecule has 0 aliphatic heterocycles. The lowest BCUT2D eigenvalue weighted by Gasteiger charge is -2.32. The second-order valence-corrected chi connectivity index (χ2v) is 4.08. The Hall–Kier alpha value is -2.04. The SMILES string of the molecule is N#CC(C#N)[C@H]1CCCC[C@H]1C(C#N)C#N. The summed E-state index contributed by atoms with van der Waals surface area (Å²) in [7, 11) is 0. The lowest BCUT2D eigenvalue weighted by Crippen LogP contribution is -2.30. The van der Waals surface area contributed by atoms with Crippen molar-refractivity contribution in [2.24, 2.45) is 23.7 Å². The predicted octanol–water partition coefficient (Wildman–Crippen LogP) is 2.12. The monoisotopic (exact) mass is 212 g/mol. The van der Waals surface area contributed by atoms with Crippen LogP contribution in [0.5, 0.6) is 0 Å². The molecule has 0 aromatic rings. The molecule has 4 heteroatoms. The van der Waals surface area contributed by atoms with E-state index in [2.05, 4.69) is 0 Å². The maximum absolute atomic E-state index is 8.88. The molecular formula is C12H12N4. The van der Waals surface area contributed by atoms with E-state index < -0.39 is 11.8 Å². The number of hydrogen-bond acceptors (Lipinski definition) is 4. The summed E-state index contributed by atoms with van der Waals surface area (Å²) in [5.41, 5.74) is 0. The molecule has 1 rings (SSSR count). The predicted molar refractivity (Wildman–Crippen MR) is 54.9 cm³/mol. The van der Waals surface area contributed by atoms with Gasteiger partial charge in [0.05, 0.1) is 24.3 Å². The quantitative estimate of drug-likeness (QED) is 0.700. The Balaban J connectivity index is 2.89. The third-order valence-corrected chi connectivity index (χ3v) is 3.29. The molecule has 0 radical (unpaired) electrons. The summed E-state index contributed by atoms with van der Waals surface area (Å²) in [5, 5.41) is 35.5. The Morgan fingerprint density at radius 3 is 1.25 bits per heavy atom. The van der Waals surface area contributed by atoms with E-state index in [-0.39, 0.29) is 11.8 Å². The number of hydrogen-bond donors (Lipinski definition) is 0. The van der Waals surface area contributed by atoms with Crippen LogP contribution in [0.1, 0.15) is 25.7 Å². The fraction of sp³-hybridized carbons (Fsp3) is 0.667. The van der Waals surface area contributed by atoms with Gasteiger partial charge in [0.15, 0.2) is 0 Å². The highest BCUT2D eigenvalue weighted by Crippen LogP contribution is 2.39. The Morgan fingerprint density at radius 2 is 1.00 bits per heavy atom. The Morgan fingerprint density at radius 1 is 0.688 bits per heavy atom. The first-order chi connectivity index (χ1) is 7.78. The van der Waals surface area contributed by atoms with Crippen molar-refractivity contribution in [2.75, 3.05) is 0 Å². The minimum atomic E-state index is -0.686. The van der Waals surface area contributed by atoms with Gasteiger partial charge in [-0.05, 0) is 24.7 Å². The number of nitriles is 4. The summed E-state index contributed by atoms with van der Waals surface area (Å²) < 4.78 is 0. The molecule has 0 aromatic carbocycles. The highest BCUT2D eigenvalue weighted by atomic mass is 14.4. The average Bonchev–Trinajstić information content (AvgIpc) is 2.34. The molecule has 0 amide bonds. The van der Waals surface area contributed by atoms with Gasteiger partial charge in [0.25, 0.3) is 0 Å². The van der Waals surface area contributed by atoms with Crippen LogP contribution in [-0.2, 0) is 0 Å². The largest absolute Gasteiger partial charge is 0.197 e. The smallest absolute Gasteiger partial charge is 0.136 e. The Kier molecular flexibility index (Phi) is 4.32. The molecule has 0 spiro atoms. The topological polar surface area (TPSA) is 95.2 Å². The van der Waals surface area contributed by atoms with Gasteiger partial charge in [-0.25, -0.2) is 0 Å². The first-order valence-corrected chi connectivity index (χ1v) is 5.37. The molecule has 0 aromatic heterocycles. The summed E-state index contributed by atoms with van der Waals surface area (Å²) in [6.45, 7) is 0. The van der Waals surface area contributed by atoms with Gasteiger partial charge in [0, 0.05) is 0 Å². The minimum absolute atomic E-state index is 0.118. The van der Waals surface area contributed by atoms with Gasteiger partial charge in [-0.3, -0.25) is 0 Å². The lowest BCUT2D eigenvalue weighted by atomic mass is 9.68. The first kappa shape index (κ1) is 12.0. The van der Waals surface area contributed by atoms with Crippen molar-refractivity contribution < 1.29 is 0 Å². The van der Waals surface area contributed by atoms with Crippen LogP contribution >= 0.6 is 0 Å². The van der Waals surface area contributed by atoms with Crippen LogP contribution in [-0.4, -0.2) is 0 Å². The molecule has 4 nitrogen and oxygen atoms in total. The van der Waals surface area contributed by atoms with Crippen LogP contribution in [0.25, 0.3) is 0 Å². The Labute approximate surface area is 95.3 Å². The van der Waals surface area contributed by atoms with Crippen molar-refractivity contribution in [3.05, 3.63) is 0 Å².